The largest absolute Gasteiger partial charge is 0.323 e. The van der Waals surface area contributed by atoms with Gasteiger partial charge < -0.3 is 5.32 Å². The van der Waals surface area contributed by atoms with Gasteiger partial charge in [0, 0.05) is 0 Å². The van der Waals surface area contributed by atoms with Gasteiger partial charge in [0.1, 0.15) is 11.9 Å². The van der Waals surface area contributed by atoms with Gasteiger partial charge in [0.2, 0.25) is 0 Å². The molecule has 0 aromatic rings. The van der Waals surface area contributed by atoms with Crippen molar-refractivity contribution in [1.29, 1.82) is 0 Å². The molecule has 11 heteroatoms. The van der Waals surface area contributed by atoms with Crippen molar-refractivity contribution in [2.24, 2.45) is 0 Å². The van der Waals surface area contributed by atoms with Crippen LogP contribution in [0.1, 0.15) is 19.3 Å². The predicted octanol–water partition coefficient (Wildman–Crippen LogP) is 2.54. The Morgan fingerprint density at radius 1 is 0.913 bits per heavy atom. The fourth-order valence-electron chi connectivity index (χ4n) is 1.46. The summed E-state index contributed by atoms with van der Waals surface area (Å²) in [6.07, 6.45) is -15.6. The van der Waals surface area contributed by atoms with Crippen molar-refractivity contribution in [3.8, 4) is 0 Å². The van der Waals surface area contributed by atoms with Gasteiger partial charge in [-0.25, -0.2) is 22.0 Å². The maximum absolute atomic E-state index is 13.2. The lowest BCUT2D eigenvalue weighted by Gasteiger charge is -2.22. The molecule has 0 rings (SSSR count). The van der Waals surface area contributed by atoms with Crippen LogP contribution in [0.5, 0.6) is 0 Å². The molecular weight excluding hydrogens is 352 g/mol. The van der Waals surface area contributed by atoms with Gasteiger partial charge in [0.15, 0.2) is 24.7 Å². The number of hydrogen-bond donors (Lipinski definition) is 2. The number of halogens is 6. The van der Waals surface area contributed by atoms with Crippen molar-refractivity contribution in [3.05, 3.63) is 0 Å². The SMILES string of the molecule is CNC.O=S(=O)(O)CC(F)C(F)C(F)C(F)C(F)CCCCF. The molecule has 23 heavy (non-hydrogen) atoms. The van der Waals surface area contributed by atoms with Crippen LogP contribution in [0.2, 0.25) is 0 Å². The van der Waals surface area contributed by atoms with Crippen LogP contribution in [-0.2, 0) is 10.1 Å². The molecule has 0 saturated carbocycles. The Morgan fingerprint density at radius 3 is 1.74 bits per heavy atom. The standard InChI is InChI=1S/C10H16F6O3S.C2H7N/c11-4-2-1-3-6(12)8(14)10(16)9(15)7(13)5-20(17,18)19;1-3-2/h6-10H,1-5H2,(H,17,18,19);3H,1-2H3. The van der Waals surface area contributed by atoms with E-state index in [4.69, 9.17) is 4.55 Å². The number of rotatable bonds is 10. The van der Waals surface area contributed by atoms with E-state index in [-0.39, 0.29) is 12.8 Å². The first-order chi connectivity index (χ1) is 10.5. The van der Waals surface area contributed by atoms with Gasteiger partial charge in [-0.1, -0.05) is 0 Å². The minimum Gasteiger partial charge on any atom is -0.323 e. The molecule has 5 atom stereocenters. The molecule has 0 aromatic carbocycles. The van der Waals surface area contributed by atoms with E-state index < -0.39 is 59.8 Å². The summed E-state index contributed by atoms with van der Waals surface area (Å²) < 4.78 is 106. The fraction of sp³-hybridized carbons (Fsp3) is 1.00. The minimum atomic E-state index is -4.90. The smallest absolute Gasteiger partial charge is 0.267 e. The normalized spacial score (nSPS) is 18.3. The zero-order valence-electron chi connectivity index (χ0n) is 12.9. The molecule has 0 aliphatic rings. The number of nitrogens with one attached hydrogen (secondary N) is 1. The van der Waals surface area contributed by atoms with Crippen LogP contribution in [-0.4, -0.2) is 70.4 Å². The second-order valence-electron chi connectivity index (χ2n) is 4.80. The van der Waals surface area contributed by atoms with Gasteiger partial charge in [0.05, 0.1) is 6.67 Å². The molecule has 4 nitrogen and oxygen atoms in total. The van der Waals surface area contributed by atoms with Crippen molar-refractivity contribution in [2.75, 3.05) is 26.5 Å². The Balaban J connectivity index is 0. The third-order valence-electron chi connectivity index (χ3n) is 2.53. The highest BCUT2D eigenvalue weighted by Gasteiger charge is 2.41. The van der Waals surface area contributed by atoms with Crippen molar-refractivity contribution in [1.82, 2.24) is 5.32 Å². The van der Waals surface area contributed by atoms with Gasteiger partial charge in [-0.15, -0.1) is 0 Å². The second kappa shape index (κ2) is 12.8. The van der Waals surface area contributed by atoms with E-state index in [2.05, 4.69) is 5.32 Å². The molecule has 0 fully saturated rings. The quantitative estimate of drug-likeness (QED) is 0.350. The maximum atomic E-state index is 13.2. The fourth-order valence-corrected chi connectivity index (χ4v) is 2.05. The number of alkyl halides is 6. The lowest BCUT2D eigenvalue weighted by molar-refractivity contribution is 0.00342. The molecule has 0 aliphatic heterocycles. The van der Waals surface area contributed by atoms with Gasteiger partial charge >= 0.3 is 0 Å². The summed E-state index contributed by atoms with van der Waals surface area (Å²) in [6, 6.07) is 0. The summed E-state index contributed by atoms with van der Waals surface area (Å²) >= 11 is 0. The first-order valence-corrected chi connectivity index (χ1v) is 8.42. The molecule has 0 amide bonds. The molecular formula is C12H23F6NO3S. The molecule has 0 aliphatic carbocycles. The molecule has 5 unspecified atom stereocenters. The van der Waals surface area contributed by atoms with Crippen LogP contribution >= 0.6 is 0 Å². The molecule has 0 aromatic heterocycles. The molecule has 0 radical (unpaired) electrons. The van der Waals surface area contributed by atoms with E-state index in [0.717, 1.165) is 0 Å². The van der Waals surface area contributed by atoms with E-state index in [0.29, 0.717) is 0 Å². The summed E-state index contributed by atoms with van der Waals surface area (Å²) in [5, 5.41) is 2.75. The third kappa shape index (κ3) is 12.5. The van der Waals surface area contributed by atoms with Crippen LogP contribution in [0.4, 0.5) is 26.3 Å². The van der Waals surface area contributed by atoms with Crippen LogP contribution in [0.3, 0.4) is 0 Å². The Hall–Kier alpha value is -0.550. The van der Waals surface area contributed by atoms with E-state index in [1.807, 2.05) is 14.1 Å². The lowest BCUT2D eigenvalue weighted by atomic mass is 10.0. The Labute approximate surface area is 132 Å². The predicted molar refractivity (Wildman–Crippen MR) is 75.7 cm³/mol. The van der Waals surface area contributed by atoms with E-state index in [1.54, 1.807) is 0 Å². The van der Waals surface area contributed by atoms with Crippen LogP contribution in [0.25, 0.3) is 0 Å². The monoisotopic (exact) mass is 375 g/mol. The van der Waals surface area contributed by atoms with E-state index in [9.17, 15) is 34.8 Å². The van der Waals surface area contributed by atoms with Crippen LogP contribution in [0, 0.1) is 0 Å². The summed E-state index contributed by atoms with van der Waals surface area (Å²) in [6.45, 7) is -0.768. The molecule has 0 heterocycles. The summed E-state index contributed by atoms with van der Waals surface area (Å²) in [5.41, 5.74) is 0. The van der Waals surface area contributed by atoms with Crippen molar-refractivity contribution in [3.63, 3.8) is 0 Å². The molecule has 0 bridgehead atoms. The van der Waals surface area contributed by atoms with Crippen molar-refractivity contribution in [2.45, 2.75) is 50.1 Å². The first-order valence-electron chi connectivity index (χ1n) is 6.81. The highest BCUT2D eigenvalue weighted by molar-refractivity contribution is 7.85. The van der Waals surface area contributed by atoms with Gasteiger partial charge in [0.25, 0.3) is 10.1 Å². The Bertz CT molecular complexity index is 387. The second-order valence-corrected chi connectivity index (χ2v) is 6.30. The maximum Gasteiger partial charge on any atom is 0.267 e. The third-order valence-corrected chi connectivity index (χ3v) is 3.27. The molecule has 2 N–H and O–H groups in total. The summed E-state index contributed by atoms with van der Waals surface area (Å²) in [4.78, 5) is 0. The average Bonchev–Trinajstić information content (AvgIpc) is 2.44. The zero-order chi connectivity index (χ0) is 18.6. The highest BCUT2D eigenvalue weighted by Crippen LogP contribution is 2.24. The van der Waals surface area contributed by atoms with Crippen molar-refractivity contribution >= 4 is 10.1 Å². The summed E-state index contributed by atoms with van der Waals surface area (Å²) in [5.74, 6) is -1.75. The molecule has 0 saturated heterocycles. The zero-order valence-corrected chi connectivity index (χ0v) is 13.7. The van der Waals surface area contributed by atoms with Crippen LogP contribution < -0.4 is 5.32 Å². The highest BCUT2D eigenvalue weighted by atomic mass is 32.2. The Morgan fingerprint density at radius 2 is 1.35 bits per heavy atom. The van der Waals surface area contributed by atoms with Gasteiger partial charge in [-0.3, -0.25) is 8.94 Å². The molecule has 0 spiro atoms. The minimum absolute atomic E-state index is 0.0718. The Kier molecular flexibility index (Phi) is 13.8. The van der Waals surface area contributed by atoms with Gasteiger partial charge in [-0.05, 0) is 33.4 Å². The van der Waals surface area contributed by atoms with Crippen LogP contribution in [0.15, 0.2) is 0 Å². The summed E-state index contributed by atoms with van der Waals surface area (Å²) in [7, 11) is -1.15. The molecule has 142 valence electrons. The lowest BCUT2D eigenvalue weighted by Crippen LogP contribution is -2.41. The average molecular weight is 375 g/mol. The number of unbranched alkanes of at least 4 members (excludes halogenated alkanes) is 1. The first kappa shape index (κ1) is 24.7. The van der Waals surface area contributed by atoms with Gasteiger partial charge in [-0.2, -0.15) is 8.42 Å². The topological polar surface area (TPSA) is 66.4 Å². The van der Waals surface area contributed by atoms with Crippen molar-refractivity contribution < 1.29 is 39.3 Å². The van der Waals surface area contributed by atoms with E-state index >= 15 is 0 Å². The number of hydrogen-bond acceptors (Lipinski definition) is 3. The van der Waals surface area contributed by atoms with E-state index in [1.165, 1.54) is 0 Å².